The SMILES string of the molecule is CCc1cc(-c2ccccc2-c2cc(CC)c(N=Cc3c(F)c(F)c(F)c(F)c3Nc3c(CC)cccc3CC)c(CC)c2)cc(CC)c1N=Cc1c(F)c(F)c(F)c(F)c1Nc1c(CC)cccc1CC. The van der Waals surface area contributed by atoms with Gasteiger partial charge in [0.25, 0.3) is 0 Å². The Bertz CT molecular complexity index is 2920. The lowest BCUT2D eigenvalue weighted by Crippen LogP contribution is -2.10. The molecule has 7 rings (SSSR count). The number of nitrogens with one attached hydrogen (secondary N) is 2. The topological polar surface area (TPSA) is 48.8 Å². The van der Waals surface area contributed by atoms with Crippen molar-refractivity contribution in [1.82, 2.24) is 0 Å². The van der Waals surface area contributed by atoms with E-state index in [-0.39, 0.29) is 0 Å². The van der Waals surface area contributed by atoms with E-state index < -0.39 is 69.0 Å². The molecule has 0 saturated carbocycles. The molecule has 0 radical (unpaired) electrons. The Balaban J connectivity index is 1.30. The van der Waals surface area contributed by atoms with Crippen LogP contribution in [0.5, 0.6) is 0 Å². The molecular weight excluding hydrogens is 929 g/mol. The van der Waals surface area contributed by atoms with Crippen LogP contribution in [0.3, 0.4) is 0 Å². The quantitative estimate of drug-likeness (QED) is 0.0390. The van der Waals surface area contributed by atoms with Crippen LogP contribution in [-0.2, 0) is 51.4 Å². The average molecular weight is 987 g/mol. The van der Waals surface area contributed by atoms with Crippen molar-refractivity contribution in [3.05, 3.63) is 187 Å². The fraction of sp³-hybridized carbons (Fsp3) is 0.267. The van der Waals surface area contributed by atoms with Crippen LogP contribution in [0, 0.1) is 46.5 Å². The minimum absolute atomic E-state index is 0.483. The molecule has 7 aromatic carbocycles. The molecule has 0 atom stereocenters. The lowest BCUT2D eigenvalue weighted by molar-refractivity contribution is 0.410. The molecule has 4 nitrogen and oxygen atoms in total. The third-order valence-corrected chi connectivity index (χ3v) is 13.4. The van der Waals surface area contributed by atoms with E-state index in [1.54, 1.807) is 0 Å². The minimum Gasteiger partial charge on any atom is -0.352 e. The van der Waals surface area contributed by atoms with Gasteiger partial charge in [-0.1, -0.05) is 116 Å². The van der Waals surface area contributed by atoms with Gasteiger partial charge >= 0.3 is 0 Å². The molecular formula is C60H58F8N4. The number of rotatable bonds is 18. The molecule has 374 valence electrons. The fourth-order valence-electron chi connectivity index (χ4n) is 9.33. The first kappa shape index (κ1) is 52.7. The van der Waals surface area contributed by atoms with Crippen molar-refractivity contribution in [2.45, 2.75) is 107 Å². The van der Waals surface area contributed by atoms with E-state index in [9.17, 15) is 17.6 Å². The van der Waals surface area contributed by atoms with Crippen molar-refractivity contribution in [2.24, 2.45) is 9.98 Å². The lowest BCUT2D eigenvalue weighted by atomic mass is 9.88. The van der Waals surface area contributed by atoms with Gasteiger partial charge in [-0.25, -0.2) is 35.1 Å². The maximum atomic E-state index is 15.8. The number of aryl methyl sites for hydroxylation is 8. The van der Waals surface area contributed by atoms with Crippen LogP contribution in [0.1, 0.15) is 111 Å². The minimum atomic E-state index is -1.94. The van der Waals surface area contributed by atoms with Gasteiger partial charge in [0.15, 0.2) is 46.5 Å². The number of para-hydroxylation sites is 2. The predicted octanol–water partition coefficient (Wildman–Crippen LogP) is 17.6. The van der Waals surface area contributed by atoms with Crippen LogP contribution in [0.15, 0.2) is 94.9 Å². The maximum absolute atomic E-state index is 15.8. The van der Waals surface area contributed by atoms with Crippen molar-refractivity contribution < 1.29 is 35.1 Å². The molecule has 72 heavy (non-hydrogen) atoms. The number of nitrogens with zero attached hydrogens (tertiary/aromatic N) is 2. The second-order valence-corrected chi connectivity index (χ2v) is 17.4. The van der Waals surface area contributed by atoms with Crippen molar-refractivity contribution in [3.63, 3.8) is 0 Å². The maximum Gasteiger partial charge on any atom is 0.199 e. The van der Waals surface area contributed by atoms with E-state index in [0.29, 0.717) is 74.1 Å². The van der Waals surface area contributed by atoms with Crippen molar-refractivity contribution in [2.75, 3.05) is 10.6 Å². The van der Waals surface area contributed by atoms with Crippen LogP contribution < -0.4 is 10.6 Å². The first-order valence-corrected chi connectivity index (χ1v) is 24.7. The Morgan fingerprint density at radius 1 is 0.333 bits per heavy atom. The van der Waals surface area contributed by atoms with Gasteiger partial charge in [-0.3, -0.25) is 9.98 Å². The summed E-state index contributed by atoms with van der Waals surface area (Å²) in [6, 6.07) is 26.7. The fourth-order valence-corrected chi connectivity index (χ4v) is 9.33. The monoisotopic (exact) mass is 986 g/mol. The standard InChI is InChI=1S/C60H58F8N4/c1-9-33-21-19-22-34(10-2)57(33)71-59-45(47(61)49(63)51(65)53(59)67)31-69-55-37(13-5)27-41(28-38(55)14-6)43-25-17-18-26-44(43)42-29-39(15-7)56(40(16-8)30-42)70-32-46-48(62)50(64)52(66)54(68)60(46)72-58-35(11-3)23-20-24-36(58)12-4/h17-32,71-72H,9-16H2,1-8H3. The van der Waals surface area contributed by atoms with Crippen molar-refractivity contribution in [3.8, 4) is 22.3 Å². The molecule has 12 heteroatoms. The van der Waals surface area contributed by atoms with Gasteiger partial charge in [0.1, 0.15) is 0 Å². The molecule has 7 aromatic rings. The predicted molar refractivity (Wildman–Crippen MR) is 279 cm³/mol. The number of benzene rings is 7. The normalized spacial score (nSPS) is 11.7. The molecule has 2 N–H and O–H groups in total. The van der Waals surface area contributed by atoms with Gasteiger partial charge in [-0.2, -0.15) is 0 Å². The second-order valence-electron chi connectivity index (χ2n) is 17.4. The van der Waals surface area contributed by atoms with E-state index in [1.165, 1.54) is 0 Å². The summed E-state index contributed by atoms with van der Waals surface area (Å²) in [4.78, 5) is 9.37. The first-order valence-electron chi connectivity index (χ1n) is 24.7. The van der Waals surface area contributed by atoms with Crippen LogP contribution in [0.2, 0.25) is 0 Å². The largest absolute Gasteiger partial charge is 0.352 e. The van der Waals surface area contributed by atoms with E-state index in [0.717, 1.165) is 79.2 Å². The molecule has 0 aromatic heterocycles. The molecule has 0 unspecified atom stereocenters. The highest BCUT2D eigenvalue weighted by Gasteiger charge is 2.28. The highest BCUT2D eigenvalue weighted by Crippen LogP contribution is 2.42. The summed E-state index contributed by atoms with van der Waals surface area (Å²) < 4.78 is 123. The summed E-state index contributed by atoms with van der Waals surface area (Å²) in [5, 5.41) is 5.83. The van der Waals surface area contributed by atoms with Gasteiger partial charge in [-0.05, 0) is 142 Å². The number of hydrogen-bond donors (Lipinski definition) is 2. The molecule has 0 saturated heterocycles. The summed E-state index contributed by atoms with van der Waals surface area (Å²) >= 11 is 0. The summed E-state index contributed by atoms with van der Waals surface area (Å²) in [5.74, 6) is -14.0. The number of aliphatic imine (C=N–C) groups is 2. The molecule has 0 amide bonds. The van der Waals surface area contributed by atoms with Crippen LogP contribution in [0.25, 0.3) is 22.3 Å². The lowest BCUT2D eigenvalue weighted by Gasteiger charge is -2.19. The average Bonchev–Trinajstić information content (AvgIpc) is 3.41. The highest BCUT2D eigenvalue weighted by molar-refractivity contribution is 5.94. The Morgan fingerprint density at radius 3 is 0.889 bits per heavy atom. The Kier molecular flexibility index (Phi) is 16.8. The number of anilines is 4. The zero-order valence-corrected chi connectivity index (χ0v) is 41.8. The third-order valence-electron chi connectivity index (χ3n) is 13.4. The molecule has 0 bridgehead atoms. The number of hydrogen-bond acceptors (Lipinski definition) is 4. The summed E-state index contributed by atoms with van der Waals surface area (Å²) in [5.41, 5.74) is 9.36. The molecule has 0 fully saturated rings. The molecule has 0 heterocycles. The summed E-state index contributed by atoms with van der Waals surface area (Å²) in [6.45, 7) is 15.4. The Morgan fingerprint density at radius 2 is 0.611 bits per heavy atom. The first-order chi connectivity index (χ1) is 34.7. The Hall–Kier alpha value is -7.08. The van der Waals surface area contributed by atoms with Gasteiger partial charge in [-0.15, -0.1) is 0 Å². The van der Waals surface area contributed by atoms with Crippen molar-refractivity contribution >= 4 is 46.6 Å². The van der Waals surface area contributed by atoms with Crippen LogP contribution >= 0.6 is 0 Å². The number of halogens is 8. The molecule has 0 aliphatic rings. The Labute approximate surface area is 417 Å². The summed E-state index contributed by atoms with van der Waals surface area (Å²) in [7, 11) is 0. The van der Waals surface area contributed by atoms with E-state index in [2.05, 4.69) is 20.6 Å². The molecule has 0 aliphatic carbocycles. The van der Waals surface area contributed by atoms with E-state index in [4.69, 9.17) is 0 Å². The molecule has 0 spiro atoms. The zero-order chi connectivity index (χ0) is 52.0. The van der Waals surface area contributed by atoms with Gasteiger partial charge < -0.3 is 10.6 Å². The van der Waals surface area contributed by atoms with Gasteiger partial charge in [0.2, 0.25) is 0 Å². The summed E-state index contributed by atoms with van der Waals surface area (Å²) in [6.07, 6.45) is 6.22. The van der Waals surface area contributed by atoms with Gasteiger partial charge in [0, 0.05) is 23.8 Å². The van der Waals surface area contributed by atoms with Crippen molar-refractivity contribution in [1.29, 1.82) is 0 Å². The highest BCUT2D eigenvalue weighted by atomic mass is 19.2. The smallest absolute Gasteiger partial charge is 0.199 e. The van der Waals surface area contributed by atoms with Crippen LogP contribution in [0.4, 0.5) is 69.2 Å². The van der Waals surface area contributed by atoms with E-state index in [1.807, 2.05) is 140 Å². The van der Waals surface area contributed by atoms with Crippen LogP contribution in [-0.4, -0.2) is 12.4 Å². The molecule has 0 aliphatic heterocycles. The van der Waals surface area contributed by atoms with Gasteiger partial charge in [0.05, 0.1) is 33.9 Å². The van der Waals surface area contributed by atoms with E-state index >= 15 is 17.6 Å². The second kappa shape index (κ2) is 23.0. The zero-order valence-electron chi connectivity index (χ0n) is 41.8. The third kappa shape index (κ3) is 10.2.